The van der Waals surface area contributed by atoms with Crippen LogP contribution in [0, 0.1) is 5.82 Å². The number of halogens is 1. The van der Waals surface area contributed by atoms with E-state index in [1.54, 1.807) is 12.3 Å². The van der Waals surface area contributed by atoms with Gasteiger partial charge in [0.25, 0.3) is 0 Å². The van der Waals surface area contributed by atoms with Crippen molar-refractivity contribution in [2.24, 2.45) is 0 Å². The minimum absolute atomic E-state index is 0.282. The van der Waals surface area contributed by atoms with E-state index in [1.807, 2.05) is 10.8 Å². The summed E-state index contributed by atoms with van der Waals surface area (Å²) in [7, 11) is 3.02. The number of aryl methyl sites for hydroxylation is 1. The van der Waals surface area contributed by atoms with Crippen LogP contribution in [-0.2, 0) is 11.3 Å². The lowest BCUT2D eigenvalue weighted by molar-refractivity contribution is 0.00887. The summed E-state index contributed by atoms with van der Waals surface area (Å²) in [6.07, 6.45) is 8.19. The van der Waals surface area contributed by atoms with E-state index >= 15 is 0 Å². The van der Waals surface area contributed by atoms with Crippen molar-refractivity contribution in [3.05, 3.63) is 30.3 Å². The molecule has 0 spiro atoms. The Morgan fingerprint density at radius 2 is 2.04 bits per heavy atom. The predicted molar refractivity (Wildman–Crippen MR) is 88.9 cm³/mol. The predicted octanol–water partition coefficient (Wildman–Crippen LogP) is 3.67. The molecule has 0 bridgehead atoms. The highest BCUT2D eigenvalue weighted by molar-refractivity contribution is 5.62. The molecule has 6 heteroatoms. The maximum absolute atomic E-state index is 14.5. The van der Waals surface area contributed by atoms with Crippen LogP contribution in [0.15, 0.2) is 24.5 Å². The Bertz CT molecular complexity index is 681. The quantitative estimate of drug-likeness (QED) is 0.809. The first-order valence-electron chi connectivity index (χ1n) is 8.27. The van der Waals surface area contributed by atoms with Crippen molar-refractivity contribution < 1.29 is 18.6 Å². The summed E-state index contributed by atoms with van der Waals surface area (Å²) in [6, 6.07) is 2.96. The lowest BCUT2D eigenvalue weighted by Crippen LogP contribution is -2.20. The van der Waals surface area contributed by atoms with Crippen LogP contribution in [-0.4, -0.2) is 36.5 Å². The normalized spacial score (nSPS) is 17.7. The number of aromatic nitrogens is 2. The fourth-order valence-corrected chi connectivity index (χ4v) is 3.08. The standard InChI is InChI=1S/C18H23FN2O3/c1-22-16-11-14(15(19)12-17(16)23-2)18-20-7-9-21(18)8-6-13-5-3-4-10-24-13/h7,9,11-13H,3-6,8,10H2,1-2H3/t13-/m0/s1. The molecule has 2 heterocycles. The van der Waals surface area contributed by atoms with Crippen LogP contribution in [0.4, 0.5) is 4.39 Å². The van der Waals surface area contributed by atoms with E-state index in [1.165, 1.54) is 26.7 Å². The lowest BCUT2D eigenvalue weighted by atomic mass is 10.1. The van der Waals surface area contributed by atoms with Gasteiger partial charge in [-0.15, -0.1) is 0 Å². The van der Waals surface area contributed by atoms with Crippen LogP contribution >= 0.6 is 0 Å². The Balaban J connectivity index is 1.81. The molecule has 1 aromatic heterocycles. The first-order valence-corrected chi connectivity index (χ1v) is 8.27. The van der Waals surface area contributed by atoms with Crippen LogP contribution in [0.2, 0.25) is 0 Å². The van der Waals surface area contributed by atoms with Crippen LogP contribution < -0.4 is 9.47 Å². The zero-order valence-electron chi connectivity index (χ0n) is 14.1. The third-order valence-electron chi connectivity index (χ3n) is 4.40. The van der Waals surface area contributed by atoms with Crippen molar-refractivity contribution in [1.29, 1.82) is 0 Å². The number of methoxy groups -OCH3 is 2. The molecule has 1 fully saturated rings. The van der Waals surface area contributed by atoms with Crippen molar-refractivity contribution in [3.8, 4) is 22.9 Å². The van der Waals surface area contributed by atoms with E-state index in [0.29, 0.717) is 22.9 Å². The summed E-state index contributed by atoms with van der Waals surface area (Å²) in [5.41, 5.74) is 0.405. The van der Waals surface area contributed by atoms with Crippen molar-refractivity contribution >= 4 is 0 Å². The monoisotopic (exact) mass is 334 g/mol. The van der Waals surface area contributed by atoms with Gasteiger partial charge in [0.2, 0.25) is 0 Å². The minimum atomic E-state index is -0.381. The van der Waals surface area contributed by atoms with Gasteiger partial charge < -0.3 is 18.8 Å². The number of imidazole rings is 1. The topological polar surface area (TPSA) is 45.5 Å². The molecule has 1 aromatic carbocycles. The van der Waals surface area contributed by atoms with Crippen LogP contribution in [0.25, 0.3) is 11.4 Å². The second-order valence-electron chi connectivity index (χ2n) is 5.91. The SMILES string of the molecule is COc1cc(F)c(-c2nccn2CC[C@@H]2CCCCO2)cc1OC. The molecule has 3 rings (SSSR count). The van der Waals surface area contributed by atoms with Gasteiger partial charge in [0.15, 0.2) is 11.5 Å². The number of hydrogen-bond donors (Lipinski definition) is 0. The number of rotatable bonds is 6. The third-order valence-corrected chi connectivity index (χ3v) is 4.40. The number of benzene rings is 1. The molecule has 1 aliphatic heterocycles. The van der Waals surface area contributed by atoms with Crippen molar-refractivity contribution in [1.82, 2.24) is 9.55 Å². The van der Waals surface area contributed by atoms with Gasteiger partial charge in [-0.1, -0.05) is 0 Å². The van der Waals surface area contributed by atoms with E-state index in [4.69, 9.17) is 14.2 Å². The Morgan fingerprint density at radius 1 is 1.25 bits per heavy atom. The van der Waals surface area contributed by atoms with E-state index in [2.05, 4.69) is 4.98 Å². The van der Waals surface area contributed by atoms with Crippen molar-refractivity contribution in [3.63, 3.8) is 0 Å². The lowest BCUT2D eigenvalue weighted by Gasteiger charge is -2.23. The minimum Gasteiger partial charge on any atom is -0.493 e. The van der Waals surface area contributed by atoms with Crippen molar-refractivity contribution in [2.45, 2.75) is 38.3 Å². The summed E-state index contributed by atoms with van der Waals surface area (Å²) in [6.45, 7) is 1.58. The molecular formula is C18H23FN2O3. The van der Waals surface area contributed by atoms with Crippen LogP contribution in [0.3, 0.4) is 0 Å². The average molecular weight is 334 g/mol. The zero-order chi connectivity index (χ0) is 16.9. The van der Waals surface area contributed by atoms with Crippen LogP contribution in [0.1, 0.15) is 25.7 Å². The summed E-state index contributed by atoms with van der Waals surface area (Å²) in [4.78, 5) is 4.33. The van der Waals surface area contributed by atoms with Gasteiger partial charge in [-0.3, -0.25) is 0 Å². The Labute approximate surface area is 141 Å². The van der Waals surface area contributed by atoms with Crippen molar-refractivity contribution in [2.75, 3.05) is 20.8 Å². The van der Waals surface area contributed by atoms with Gasteiger partial charge in [-0.05, 0) is 31.7 Å². The molecule has 1 atom stereocenters. The van der Waals surface area contributed by atoms with Gasteiger partial charge >= 0.3 is 0 Å². The fourth-order valence-electron chi connectivity index (χ4n) is 3.08. The van der Waals surface area contributed by atoms with Gasteiger partial charge in [-0.25, -0.2) is 9.37 Å². The first kappa shape index (κ1) is 16.8. The average Bonchev–Trinajstić information content (AvgIpc) is 3.08. The summed E-state index contributed by atoms with van der Waals surface area (Å²) >= 11 is 0. The third kappa shape index (κ3) is 3.53. The largest absolute Gasteiger partial charge is 0.493 e. The Kier molecular flexibility index (Phi) is 5.35. The molecule has 2 aromatic rings. The maximum Gasteiger partial charge on any atom is 0.163 e. The molecule has 0 unspecified atom stereocenters. The van der Waals surface area contributed by atoms with Gasteiger partial charge in [0.1, 0.15) is 11.6 Å². The van der Waals surface area contributed by atoms with Crippen LogP contribution in [0.5, 0.6) is 11.5 Å². The fraction of sp³-hybridized carbons (Fsp3) is 0.500. The molecule has 130 valence electrons. The highest BCUT2D eigenvalue weighted by Crippen LogP contribution is 2.34. The van der Waals surface area contributed by atoms with E-state index in [9.17, 15) is 4.39 Å². The van der Waals surface area contributed by atoms with Gasteiger partial charge in [0.05, 0.1) is 25.9 Å². The van der Waals surface area contributed by atoms with Gasteiger partial charge in [0, 0.05) is 31.6 Å². The molecule has 1 aliphatic rings. The summed E-state index contributed by atoms with van der Waals surface area (Å²) in [5, 5.41) is 0. The summed E-state index contributed by atoms with van der Waals surface area (Å²) < 4.78 is 32.6. The van der Waals surface area contributed by atoms with E-state index < -0.39 is 0 Å². The zero-order valence-corrected chi connectivity index (χ0v) is 14.1. The summed E-state index contributed by atoms with van der Waals surface area (Å²) in [5.74, 6) is 1.06. The molecule has 0 N–H and O–H groups in total. The number of nitrogens with zero attached hydrogens (tertiary/aromatic N) is 2. The molecule has 5 nitrogen and oxygen atoms in total. The Morgan fingerprint density at radius 3 is 2.75 bits per heavy atom. The second-order valence-corrected chi connectivity index (χ2v) is 5.91. The number of ether oxygens (including phenoxy) is 3. The molecule has 1 saturated heterocycles. The molecule has 0 radical (unpaired) electrons. The van der Waals surface area contributed by atoms with Gasteiger partial charge in [-0.2, -0.15) is 0 Å². The maximum atomic E-state index is 14.5. The smallest absolute Gasteiger partial charge is 0.163 e. The molecular weight excluding hydrogens is 311 g/mol. The molecule has 0 amide bonds. The number of hydrogen-bond acceptors (Lipinski definition) is 4. The second kappa shape index (κ2) is 7.66. The molecule has 0 aliphatic carbocycles. The highest BCUT2D eigenvalue weighted by Gasteiger charge is 2.18. The molecule has 0 saturated carbocycles. The molecule has 24 heavy (non-hydrogen) atoms. The first-order chi connectivity index (χ1) is 11.7. The highest BCUT2D eigenvalue weighted by atomic mass is 19.1. The van der Waals surface area contributed by atoms with E-state index in [-0.39, 0.29) is 11.9 Å². The van der Waals surface area contributed by atoms with E-state index in [0.717, 1.165) is 32.4 Å². The Hall–Kier alpha value is -2.08.